The van der Waals surface area contributed by atoms with E-state index in [1.807, 2.05) is 56.4 Å². The molecule has 22 heavy (non-hydrogen) atoms. The molecule has 0 saturated carbocycles. The number of fused-ring (bicyclic) bond motifs is 1. The van der Waals surface area contributed by atoms with Gasteiger partial charge in [0.2, 0.25) is 5.78 Å². The molecule has 6 heteroatoms. The van der Waals surface area contributed by atoms with Gasteiger partial charge in [-0.3, -0.25) is 9.81 Å². The SMILES string of the molecule is CC(C)=Nn1cc(-c2ccccc2)n2c(=N)c(C#N)cnc12. The van der Waals surface area contributed by atoms with E-state index in [9.17, 15) is 0 Å². The molecule has 1 aromatic carbocycles. The fraction of sp³-hybridized carbons (Fsp3) is 0.125. The van der Waals surface area contributed by atoms with E-state index in [1.165, 1.54) is 6.20 Å². The average Bonchev–Trinajstić information content (AvgIpc) is 2.87. The number of nitrogens with zero attached hydrogens (tertiary/aromatic N) is 5. The fourth-order valence-electron chi connectivity index (χ4n) is 2.27. The van der Waals surface area contributed by atoms with Crippen molar-refractivity contribution in [2.45, 2.75) is 13.8 Å². The molecule has 0 saturated heterocycles. The predicted octanol–water partition coefficient (Wildman–Crippen LogP) is 2.40. The van der Waals surface area contributed by atoms with E-state index in [0.717, 1.165) is 17.0 Å². The van der Waals surface area contributed by atoms with Crippen LogP contribution in [0.1, 0.15) is 19.4 Å². The molecule has 0 spiro atoms. The number of nitriles is 1. The Hall–Kier alpha value is -3.20. The van der Waals surface area contributed by atoms with Gasteiger partial charge in [-0.15, -0.1) is 0 Å². The van der Waals surface area contributed by atoms with Crippen molar-refractivity contribution in [2.24, 2.45) is 5.10 Å². The van der Waals surface area contributed by atoms with Gasteiger partial charge in [-0.1, -0.05) is 30.3 Å². The Bertz CT molecular complexity index is 966. The van der Waals surface area contributed by atoms with Gasteiger partial charge in [0, 0.05) is 11.3 Å². The molecule has 0 bridgehead atoms. The van der Waals surface area contributed by atoms with Crippen molar-refractivity contribution in [1.82, 2.24) is 14.1 Å². The summed E-state index contributed by atoms with van der Waals surface area (Å²) < 4.78 is 3.27. The zero-order chi connectivity index (χ0) is 15.7. The zero-order valence-electron chi connectivity index (χ0n) is 12.3. The highest BCUT2D eigenvalue weighted by atomic mass is 15.4. The van der Waals surface area contributed by atoms with E-state index in [-0.39, 0.29) is 11.1 Å². The first-order chi connectivity index (χ1) is 10.6. The molecular formula is C16H14N6. The maximum atomic E-state index is 9.13. The van der Waals surface area contributed by atoms with Crippen molar-refractivity contribution < 1.29 is 0 Å². The molecule has 0 amide bonds. The fourth-order valence-corrected chi connectivity index (χ4v) is 2.27. The van der Waals surface area contributed by atoms with Crippen LogP contribution in [0.5, 0.6) is 0 Å². The summed E-state index contributed by atoms with van der Waals surface area (Å²) in [5, 5.41) is 21.8. The smallest absolute Gasteiger partial charge is 0.237 e. The monoisotopic (exact) mass is 290 g/mol. The Morgan fingerprint density at radius 1 is 1.27 bits per heavy atom. The zero-order valence-corrected chi connectivity index (χ0v) is 12.3. The number of hydrogen-bond acceptors (Lipinski definition) is 4. The summed E-state index contributed by atoms with van der Waals surface area (Å²) in [7, 11) is 0. The van der Waals surface area contributed by atoms with Crippen LogP contribution < -0.4 is 5.49 Å². The summed E-state index contributed by atoms with van der Waals surface area (Å²) in [6, 6.07) is 11.7. The summed E-state index contributed by atoms with van der Waals surface area (Å²) in [5.41, 5.74) is 2.91. The first-order valence-corrected chi connectivity index (χ1v) is 6.77. The minimum absolute atomic E-state index is 0.106. The van der Waals surface area contributed by atoms with Crippen LogP contribution in [-0.4, -0.2) is 19.8 Å². The van der Waals surface area contributed by atoms with Crippen molar-refractivity contribution in [3.8, 4) is 17.3 Å². The second-order valence-electron chi connectivity index (χ2n) is 5.04. The average molecular weight is 290 g/mol. The Balaban J connectivity index is 2.44. The lowest BCUT2D eigenvalue weighted by Gasteiger charge is -2.02. The van der Waals surface area contributed by atoms with Gasteiger partial charge in [-0.2, -0.15) is 10.4 Å². The van der Waals surface area contributed by atoms with E-state index >= 15 is 0 Å². The van der Waals surface area contributed by atoms with Crippen LogP contribution in [0.15, 0.2) is 47.8 Å². The Labute approximate surface area is 127 Å². The van der Waals surface area contributed by atoms with Crippen LogP contribution in [0.25, 0.3) is 17.0 Å². The van der Waals surface area contributed by atoms with Gasteiger partial charge in [0.25, 0.3) is 0 Å². The number of nitrogens with one attached hydrogen (secondary N) is 1. The summed E-state index contributed by atoms with van der Waals surface area (Å²) >= 11 is 0. The lowest BCUT2D eigenvalue weighted by atomic mass is 10.2. The third-order valence-electron chi connectivity index (χ3n) is 3.18. The molecule has 1 N–H and O–H groups in total. The summed E-state index contributed by atoms with van der Waals surface area (Å²) in [5.74, 6) is 0.504. The molecule has 2 heterocycles. The van der Waals surface area contributed by atoms with Gasteiger partial charge in [0.15, 0.2) is 5.49 Å². The van der Waals surface area contributed by atoms with Gasteiger partial charge in [-0.05, 0) is 13.8 Å². The highest BCUT2D eigenvalue weighted by molar-refractivity contribution is 5.79. The summed E-state index contributed by atoms with van der Waals surface area (Å²) in [6.07, 6.45) is 3.23. The maximum Gasteiger partial charge on any atom is 0.237 e. The van der Waals surface area contributed by atoms with Gasteiger partial charge in [0.1, 0.15) is 11.6 Å². The molecule has 6 nitrogen and oxygen atoms in total. The molecule has 2 aromatic heterocycles. The number of hydrogen-bond donors (Lipinski definition) is 1. The third kappa shape index (κ3) is 2.19. The van der Waals surface area contributed by atoms with E-state index in [2.05, 4.69) is 10.1 Å². The number of benzene rings is 1. The Kier molecular flexibility index (Phi) is 3.31. The molecule has 0 atom stereocenters. The molecule has 0 unspecified atom stereocenters. The van der Waals surface area contributed by atoms with E-state index in [1.54, 1.807) is 9.08 Å². The largest absolute Gasteiger partial charge is 0.283 e. The number of rotatable bonds is 2. The maximum absolute atomic E-state index is 9.13. The Morgan fingerprint density at radius 3 is 2.64 bits per heavy atom. The first-order valence-electron chi connectivity index (χ1n) is 6.77. The quantitative estimate of drug-likeness (QED) is 0.735. The van der Waals surface area contributed by atoms with E-state index < -0.39 is 0 Å². The standard InChI is InChI=1S/C16H14N6/c1-11(2)20-21-10-14(12-6-4-3-5-7-12)22-15(18)13(8-17)9-19-16(21)22/h3-7,9-10,18H,1-2H3. The molecule has 108 valence electrons. The Morgan fingerprint density at radius 2 is 2.00 bits per heavy atom. The summed E-state index contributed by atoms with van der Waals surface area (Å²) in [4.78, 5) is 4.29. The second kappa shape index (κ2) is 5.30. The first kappa shape index (κ1) is 13.8. The van der Waals surface area contributed by atoms with Crippen LogP contribution in [-0.2, 0) is 0 Å². The van der Waals surface area contributed by atoms with Gasteiger partial charge in [-0.25, -0.2) is 9.66 Å². The van der Waals surface area contributed by atoms with Crippen molar-refractivity contribution in [3.05, 3.63) is 53.8 Å². The van der Waals surface area contributed by atoms with Crippen LogP contribution in [0.2, 0.25) is 0 Å². The molecule has 0 radical (unpaired) electrons. The van der Waals surface area contributed by atoms with Gasteiger partial charge < -0.3 is 0 Å². The molecule has 0 fully saturated rings. The summed E-state index contributed by atoms with van der Waals surface area (Å²) in [6.45, 7) is 3.79. The number of imidazole rings is 1. The molecule has 0 aliphatic rings. The highest BCUT2D eigenvalue weighted by Gasteiger charge is 2.13. The van der Waals surface area contributed by atoms with Crippen LogP contribution in [0, 0.1) is 16.7 Å². The van der Waals surface area contributed by atoms with E-state index in [4.69, 9.17) is 10.7 Å². The van der Waals surface area contributed by atoms with Crippen LogP contribution in [0.3, 0.4) is 0 Å². The van der Waals surface area contributed by atoms with Crippen LogP contribution in [0.4, 0.5) is 0 Å². The normalized spacial score (nSPS) is 10.4. The lowest BCUT2D eigenvalue weighted by Crippen LogP contribution is -2.18. The van der Waals surface area contributed by atoms with Crippen molar-refractivity contribution in [2.75, 3.05) is 0 Å². The highest BCUT2D eigenvalue weighted by Crippen LogP contribution is 2.20. The van der Waals surface area contributed by atoms with Gasteiger partial charge in [0.05, 0.1) is 18.1 Å². The van der Waals surface area contributed by atoms with Crippen molar-refractivity contribution in [1.29, 1.82) is 10.7 Å². The molecule has 0 aliphatic heterocycles. The van der Waals surface area contributed by atoms with Crippen molar-refractivity contribution in [3.63, 3.8) is 0 Å². The van der Waals surface area contributed by atoms with Crippen molar-refractivity contribution >= 4 is 11.5 Å². The third-order valence-corrected chi connectivity index (χ3v) is 3.18. The minimum Gasteiger partial charge on any atom is -0.283 e. The van der Waals surface area contributed by atoms with E-state index in [0.29, 0.717) is 5.78 Å². The molecule has 0 aliphatic carbocycles. The minimum atomic E-state index is 0.106. The molecular weight excluding hydrogens is 276 g/mol. The topological polar surface area (TPSA) is 82.2 Å². The second-order valence-corrected chi connectivity index (χ2v) is 5.04. The van der Waals surface area contributed by atoms with Crippen LogP contribution >= 0.6 is 0 Å². The number of aromatic nitrogens is 3. The molecule has 3 aromatic rings. The molecule has 3 rings (SSSR count). The van der Waals surface area contributed by atoms with Gasteiger partial charge >= 0.3 is 0 Å². The lowest BCUT2D eigenvalue weighted by molar-refractivity contribution is 0.866. The predicted molar refractivity (Wildman–Crippen MR) is 83.4 cm³/mol.